The van der Waals surface area contributed by atoms with Crippen LogP contribution in [0.15, 0.2) is 71.1 Å². The Bertz CT molecular complexity index is 1430. The van der Waals surface area contributed by atoms with Crippen molar-refractivity contribution in [3.63, 3.8) is 0 Å². The highest BCUT2D eigenvalue weighted by Crippen LogP contribution is 2.37. The van der Waals surface area contributed by atoms with Crippen LogP contribution in [0.4, 0.5) is 10.5 Å². The number of carbonyl (C=O) groups is 3. The van der Waals surface area contributed by atoms with E-state index in [4.69, 9.17) is 9.15 Å². The summed E-state index contributed by atoms with van der Waals surface area (Å²) < 4.78 is 11.4. The van der Waals surface area contributed by atoms with Gasteiger partial charge in [0.1, 0.15) is 29.0 Å². The van der Waals surface area contributed by atoms with E-state index in [-0.39, 0.29) is 0 Å². The number of ether oxygens (including phenoxy) is 1. The van der Waals surface area contributed by atoms with Gasteiger partial charge in [-0.3, -0.25) is 14.5 Å². The maximum atomic E-state index is 13.3. The first-order valence-corrected chi connectivity index (χ1v) is 11.0. The molecule has 8 heteroatoms. The summed E-state index contributed by atoms with van der Waals surface area (Å²) in [6.07, 6.45) is 0.357. The van der Waals surface area contributed by atoms with Crippen molar-refractivity contribution in [2.75, 3.05) is 19.0 Å². The van der Waals surface area contributed by atoms with Crippen LogP contribution in [0.2, 0.25) is 0 Å². The van der Waals surface area contributed by atoms with Gasteiger partial charge >= 0.3 is 6.03 Å². The van der Waals surface area contributed by atoms with Crippen LogP contribution >= 0.6 is 0 Å². The molecule has 0 radical (unpaired) electrons. The maximum absolute atomic E-state index is 13.3. The Labute approximate surface area is 195 Å². The molecule has 172 valence electrons. The Morgan fingerprint density at radius 2 is 1.76 bits per heavy atom. The zero-order valence-electron chi connectivity index (χ0n) is 18.8. The van der Waals surface area contributed by atoms with E-state index in [1.165, 1.54) is 7.11 Å². The lowest BCUT2D eigenvalue weighted by Gasteiger charge is -2.25. The largest absolute Gasteiger partial charge is 0.495 e. The van der Waals surface area contributed by atoms with E-state index in [0.717, 1.165) is 21.3 Å². The van der Waals surface area contributed by atoms with Gasteiger partial charge in [0.25, 0.3) is 5.91 Å². The molecule has 8 nitrogen and oxygen atoms in total. The second kappa shape index (κ2) is 8.22. The number of benzene rings is 3. The van der Waals surface area contributed by atoms with Gasteiger partial charge in [-0.05, 0) is 24.1 Å². The molecule has 1 aliphatic rings. The van der Waals surface area contributed by atoms with E-state index in [0.29, 0.717) is 29.0 Å². The number of rotatable bonds is 6. The normalized spacial score (nSPS) is 17.9. The molecule has 5 rings (SSSR count). The fourth-order valence-corrected chi connectivity index (χ4v) is 4.48. The number of hydrogen-bond acceptors (Lipinski definition) is 5. The standard InChI is InChI=1S/C26H23N3O5/c1-3-26(16-9-5-4-6-10-16)24(31)29(25(32)28-26)15-23(30)27-19-14-21-18(13-22(19)33-2)17-11-7-8-12-20(17)34-21/h4-14H,3,15H2,1-2H3,(H,27,30)(H,28,32)/t26-/m0/s1. The van der Waals surface area contributed by atoms with Gasteiger partial charge in [-0.2, -0.15) is 0 Å². The first-order chi connectivity index (χ1) is 16.5. The third-order valence-corrected chi connectivity index (χ3v) is 6.25. The molecule has 1 atom stereocenters. The number of carbonyl (C=O) groups excluding carboxylic acids is 3. The fraction of sp³-hybridized carbons (Fsp3) is 0.192. The van der Waals surface area contributed by atoms with Gasteiger partial charge in [-0.1, -0.05) is 55.5 Å². The Balaban J connectivity index is 1.40. The van der Waals surface area contributed by atoms with Crippen LogP contribution in [0, 0.1) is 0 Å². The van der Waals surface area contributed by atoms with Crippen molar-refractivity contribution in [1.29, 1.82) is 0 Å². The molecule has 0 aliphatic carbocycles. The van der Waals surface area contributed by atoms with E-state index in [1.54, 1.807) is 24.3 Å². The van der Waals surface area contributed by atoms with Crippen molar-refractivity contribution in [3.05, 3.63) is 72.3 Å². The predicted molar refractivity (Wildman–Crippen MR) is 128 cm³/mol. The number of para-hydroxylation sites is 1. The number of methoxy groups -OCH3 is 1. The van der Waals surface area contributed by atoms with E-state index >= 15 is 0 Å². The number of nitrogens with one attached hydrogen (secondary N) is 2. The number of fused-ring (bicyclic) bond motifs is 3. The lowest BCUT2D eigenvalue weighted by molar-refractivity contribution is -0.134. The average Bonchev–Trinajstić information content (AvgIpc) is 3.33. The topological polar surface area (TPSA) is 101 Å². The van der Waals surface area contributed by atoms with Gasteiger partial charge in [-0.15, -0.1) is 0 Å². The molecule has 0 bridgehead atoms. The zero-order valence-corrected chi connectivity index (χ0v) is 18.8. The van der Waals surface area contributed by atoms with E-state index < -0.39 is 29.9 Å². The zero-order chi connectivity index (χ0) is 23.9. The number of anilines is 1. The Morgan fingerprint density at radius 1 is 1.03 bits per heavy atom. The third kappa shape index (κ3) is 3.35. The Morgan fingerprint density at radius 3 is 2.50 bits per heavy atom. The summed E-state index contributed by atoms with van der Waals surface area (Å²) >= 11 is 0. The predicted octanol–water partition coefficient (Wildman–Crippen LogP) is 4.39. The third-order valence-electron chi connectivity index (χ3n) is 6.25. The molecule has 0 spiro atoms. The maximum Gasteiger partial charge on any atom is 0.325 e. The number of imide groups is 1. The highest BCUT2D eigenvalue weighted by molar-refractivity contribution is 6.11. The molecule has 3 aromatic carbocycles. The van der Waals surface area contributed by atoms with Gasteiger partial charge in [0.15, 0.2) is 0 Å². The summed E-state index contributed by atoms with van der Waals surface area (Å²) in [7, 11) is 1.51. The van der Waals surface area contributed by atoms with Gasteiger partial charge in [0, 0.05) is 16.8 Å². The van der Waals surface area contributed by atoms with Gasteiger partial charge < -0.3 is 19.8 Å². The first kappa shape index (κ1) is 21.5. The summed E-state index contributed by atoms with van der Waals surface area (Å²) in [6.45, 7) is 1.39. The minimum atomic E-state index is -1.19. The van der Waals surface area contributed by atoms with Crippen molar-refractivity contribution >= 4 is 45.5 Å². The molecule has 1 saturated heterocycles. The minimum absolute atomic E-state index is 0.357. The monoisotopic (exact) mass is 457 g/mol. The number of furan rings is 1. The molecule has 2 heterocycles. The lowest BCUT2D eigenvalue weighted by Crippen LogP contribution is -2.44. The molecule has 0 saturated carbocycles. The molecule has 1 aliphatic heterocycles. The second-order valence-electron chi connectivity index (χ2n) is 8.14. The molecular weight excluding hydrogens is 434 g/mol. The minimum Gasteiger partial charge on any atom is -0.495 e. The van der Waals surface area contributed by atoms with E-state index in [2.05, 4.69) is 10.6 Å². The number of hydrogen-bond donors (Lipinski definition) is 2. The quantitative estimate of drug-likeness (QED) is 0.418. The fourth-order valence-electron chi connectivity index (χ4n) is 4.48. The number of amides is 4. The highest BCUT2D eigenvalue weighted by atomic mass is 16.5. The Hall–Kier alpha value is -4.33. The first-order valence-electron chi connectivity index (χ1n) is 11.0. The summed E-state index contributed by atoms with van der Waals surface area (Å²) in [5.41, 5.74) is 1.18. The molecule has 34 heavy (non-hydrogen) atoms. The number of nitrogens with zero attached hydrogens (tertiary/aromatic N) is 1. The van der Waals surface area contributed by atoms with Crippen LogP contribution in [0.1, 0.15) is 18.9 Å². The molecule has 4 amide bonds. The van der Waals surface area contributed by atoms with Crippen molar-refractivity contribution in [2.45, 2.75) is 18.9 Å². The van der Waals surface area contributed by atoms with E-state index in [9.17, 15) is 14.4 Å². The smallest absolute Gasteiger partial charge is 0.325 e. The van der Waals surface area contributed by atoms with E-state index in [1.807, 2.05) is 49.4 Å². The van der Waals surface area contributed by atoms with Crippen LogP contribution in [0.25, 0.3) is 21.9 Å². The summed E-state index contributed by atoms with van der Waals surface area (Å²) in [6, 6.07) is 19.5. The highest BCUT2D eigenvalue weighted by Gasteiger charge is 2.51. The summed E-state index contributed by atoms with van der Waals surface area (Å²) in [5.74, 6) is -0.546. The summed E-state index contributed by atoms with van der Waals surface area (Å²) in [5, 5.41) is 7.33. The average molecular weight is 457 g/mol. The van der Waals surface area contributed by atoms with Crippen LogP contribution in [-0.4, -0.2) is 36.4 Å². The van der Waals surface area contributed by atoms with Gasteiger partial charge in [-0.25, -0.2) is 4.79 Å². The molecule has 1 fully saturated rings. The van der Waals surface area contributed by atoms with Crippen LogP contribution in [0.3, 0.4) is 0 Å². The van der Waals surface area contributed by atoms with Crippen molar-refractivity contribution in [3.8, 4) is 5.75 Å². The van der Waals surface area contributed by atoms with Crippen LogP contribution < -0.4 is 15.4 Å². The molecule has 4 aromatic rings. The van der Waals surface area contributed by atoms with Crippen LogP contribution in [0.5, 0.6) is 5.75 Å². The van der Waals surface area contributed by atoms with Crippen molar-refractivity contribution in [1.82, 2.24) is 10.2 Å². The molecular formula is C26H23N3O5. The lowest BCUT2D eigenvalue weighted by atomic mass is 9.87. The van der Waals surface area contributed by atoms with Crippen molar-refractivity contribution < 1.29 is 23.5 Å². The second-order valence-corrected chi connectivity index (χ2v) is 8.14. The Kier molecular flexibility index (Phi) is 5.20. The summed E-state index contributed by atoms with van der Waals surface area (Å²) in [4.78, 5) is 39.8. The van der Waals surface area contributed by atoms with Gasteiger partial charge in [0.05, 0.1) is 12.8 Å². The van der Waals surface area contributed by atoms with Crippen molar-refractivity contribution in [2.24, 2.45) is 0 Å². The van der Waals surface area contributed by atoms with Gasteiger partial charge in [0.2, 0.25) is 5.91 Å². The van der Waals surface area contributed by atoms with Crippen LogP contribution in [-0.2, 0) is 15.1 Å². The number of urea groups is 1. The molecule has 0 unspecified atom stereocenters. The SMILES string of the molecule is CC[C@@]1(c2ccccc2)NC(=O)N(CC(=O)Nc2cc3oc4ccccc4c3cc2OC)C1=O. The molecule has 2 N–H and O–H groups in total. The molecule has 1 aromatic heterocycles.